The van der Waals surface area contributed by atoms with E-state index in [1.807, 2.05) is 0 Å². The molecule has 7 nitrogen and oxygen atoms in total. The minimum Gasteiger partial charge on any atom is -0.442 e. The topological polar surface area (TPSA) is 93.4 Å². The smallest absolute Gasteiger partial charge is 0.264 e. The van der Waals surface area contributed by atoms with Crippen LogP contribution in [0, 0.1) is 0 Å². The van der Waals surface area contributed by atoms with Gasteiger partial charge in [-0.1, -0.05) is 0 Å². The molecule has 0 fully saturated rings. The minimum atomic E-state index is 0.384. The van der Waals surface area contributed by atoms with Crippen molar-refractivity contribution in [1.29, 1.82) is 0 Å². The fourth-order valence-corrected chi connectivity index (χ4v) is 1.21. The van der Waals surface area contributed by atoms with Crippen molar-refractivity contribution in [3.8, 4) is 23.4 Å². The Morgan fingerprint density at radius 1 is 1.00 bits per heavy atom. The summed E-state index contributed by atoms with van der Waals surface area (Å²) in [5.74, 6) is 1.70. The maximum Gasteiger partial charge on any atom is 0.264 e. The van der Waals surface area contributed by atoms with Gasteiger partial charge in [-0.25, -0.2) is 15.0 Å². The van der Waals surface area contributed by atoms with Crippen LogP contribution in [0.3, 0.4) is 0 Å². The zero-order valence-electron chi connectivity index (χ0n) is 8.03. The quantitative estimate of drug-likeness (QED) is 0.681. The summed E-state index contributed by atoms with van der Waals surface area (Å²) in [6, 6.07) is 1.73. The standard InChI is InChI=1S/C9H6N6O/c1-2-10-6(11-3-1)7-13-8(15-14-7)9-12-4-5-16-9/h1-5H,(H,13,14,15). The van der Waals surface area contributed by atoms with E-state index in [9.17, 15) is 0 Å². The molecule has 3 aromatic heterocycles. The maximum atomic E-state index is 5.08. The molecule has 0 bridgehead atoms. The zero-order chi connectivity index (χ0) is 10.8. The lowest BCUT2D eigenvalue weighted by Gasteiger charge is -1.89. The molecule has 16 heavy (non-hydrogen) atoms. The van der Waals surface area contributed by atoms with Crippen LogP contribution >= 0.6 is 0 Å². The molecule has 0 aromatic carbocycles. The summed E-state index contributed by atoms with van der Waals surface area (Å²) in [5, 5.41) is 6.69. The first-order chi connectivity index (χ1) is 7.93. The second kappa shape index (κ2) is 3.54. The van der Waals surface area contributed by atoms with Gasteiger partial charge in [-0.3, -0.25) is 5.10 Å². The first-order valence-corrected chi connectivity index (χ1v) is 4.53. The van der Waals surface area contributed by atoms with Gasteiger partial charge in [-0.15, -0.1) is 5.10 Å². The van der Waals surface area contributed by atoms with Crippen molar-refractivity contribution in [3.63, 3.8) is 0 Å². The van der Waals surface area contributed by atoms with Crippen molar-refractivity contribution in [1.82, 2.24) is 30.1 Å². The SMILES string of the molecule is c1cnc(-c2n[nH]c(-c3ncco3)n2)nc1. The van der Waals surface area contributed by atoms with Crippen molar-refractivity contribution in [2.45, 2.75) is 0 Å². The molecule has 0 aliphatic heterocycles. The van der Waals surface area contributed by atoms with E-state index in [0.29, 0.717) is 23.4 Å². The van der Waals surface area contributed by atoms with E-state index < -0.39 is 0 Å². The van der Waals surface area contributed by atoms with Crippen LogP contribution in [0.5, 0.6) is 0 Å². The number of aromatic nitrogens is 6. The van der Waals surface area contributed by atoms with Crippen molar-refractivity contribution >= 4 is 0 Å². The first-order valence-electron chi connectivity index (χ1n) is 4.53. The fraction of sp³-hybridized carbons (Fsp3) is 0. The second-order valence-electron chi connectivity index (χ2n) is 2.92. The van der Waals surface area contributed by atoms with Gasteiger partial charge in [0, 0.05) is 12.4 Å². The lowest BCUT2D eigenvalue weighted by molar-refractivity contribution is 0.569. The summed E-state index contributed by atoms with van der Waals surface area (Å²) in [6.45, 7) is 0. The van der Waals surface area contributed by atoms with Gasteiger partial charge >= 0.3 is 0 Å². The average Bonchev–Trinajstić information content (AvgIpc) is 3.01. The minimum absolute atomic E-state index is 0.384. The van der Waals surface area contributed by atoms with Crippen LogP contribution in [0.25, 0.3) is 23.4 Å². The molecule has 0 atom stereocenters. The highest BCUT2D eigenvalue weighted by atomic mass is 16.3. The van der Waals surface area contributed by atoms with Gasteiger partial charge in [0.25, 0.3) is 5.89 Å². The third-order valence-corrected chi connectivity index (χ3v) is 1.89. The van der Waals surface area contributed by atoms with Crippen LogP contribution in [0.1, 0.15) is 0 Å². The number of hydrogen-bond donors (Lipinski definition) is 1. The fourth-order valence-electron chi connectivity index (χ4n) is 1.21. The van der Waals surface area contributed by atoms with Crippen LogP contribution < -0.4 is 0 Å². The monoisotopic (exact) mass is 214 g/mol. The highest BCUT2D eigenvalue weighted by Crippen LogP contribution is 2.14. The Labute approximate surface area is 89.6 Å². The number of hydrogen-bond acceptors (Lipinski definition) is 6. The lowest BCUT2D eigenvalue weighted by Crippen LogP contribution is -1.88. The van der Waals surface area contributed by atoms with E-state index in [-0.39, 0.29) is 0 Å². The third kappa shape index (κ3) is 1.44. The predicted octanol–water partition coefficient (Wildman–Crippen LogP) is 0.917. The molecular formula is C9H6N6O. The largest absolute Gasteiger partial charge is 0.442 e. The molecular weight excluding hydrogens is 208 g/mol. The van der Waals surface area contributed by atoms with Gasteiger partial charge in [-0.2, -0.15) is 4.98 Å². The van der Waals surface area contributed by atoms with E-state index in [4.69, 9.17) is 4.42 Å². The highest BCUT2D eigenvalue weighted by molar-refractivity contribution is 5.48. The maximum absolute atomic E-state index is 5.08. The molecule has 3 heterocycles. The summed E-state index contributed by atoms with van der Waals surface area (Å²) in [6.07, 6.45) is 6.26. The zero-order valence-corrected chi connectivity index (χ0v) is 8.03. The Balaban J connectivity index is 2.00. The van der Waals surface area contributed by atoms with Gasteiger partial charge in [0.1, 0.15) is 6.26 Å². The molecule has 0 radical (unpaired) electrons. The lowest BCUT2D eigenvalue weighted by atomic mass is 10.5. The summed E-state index contributed by atoms with van der Waals surface area (Å²) < 4.78 is 5.08. The van der Waals surface area contributed by atoms with Gasteiger partial charge in [0.05, 0.1) is 6.20 Å². The number of aromatic amines is 1. The molecule has 0 saturated carbocycles. The molecule has 0 aliphatic rings. The molecule has 3 aromatic rings. The van der Waals surface area contributed by atoms with Crippen LogP contribution in [-0.2, 0) is 0 Å². The molecule has 78 valence electrons. The molecule has 7 heteroatoms. The van der Waals surface area contributed by atoms with Crippen LogP contribution in [0.15, 0.2) is 35.3 Å². The van der Waals surface area contributed by atoms with Crippen LogP contribution in [-0.4, -0.2) is 30.1 Å². The van der Waals surface area contributed by atoms with Gasteiger partial charge in [0.15, 0.2) is 5.82 Å². The number of oxazole rings is 1. The second-order valence-corrected chi connectivity index (χ2v) is 2.92. The summed E-state index contributed by atoms with van der Waals surface area (Å²) >= 11 is 0. The molecule has 1 N–H and O–H groups in total. The molecule has 0 saturated heterocycles. The molecule has 0 aliphatic carbocycles. The Morgan fingerprint density at radius 2 is 1.88 bits per heavy atom. The average molecular weight is 214 g/mol. The Kier molecular flexibility index (Phi) is 1.93. The molecule has 0 amide bonds. The summed E-state index contributed by atoms with van der Waals surface area (Å²) in [4.78, 5) is 16.2. The van der Waals surface area contributed by atoms with Crippen molar-refractivity contribution in [3.05, 3.63) is 30.9 Å². The normalized spacial score (nSPS) is 10.5. The Hall–Kier alpha value is -2.57. The van der Waals surface area contributed by atoms with E-state index in [1.165, 1.54) is 12.5 Å². The number of nitrogens with one attached hydrogen (secondary N) is 1. The number of rotatable bonds is 2. The molecule has 3 rings (SSSR count). The molecule has 0 unspecified atom stereocenters. The Morgan fingerprint density at radius 3 is 2.62 bits per heavy atom. The summed E-state index contributed by atoms with van der Waals surface area (Å²) in [7, 11) is 0. The first kappa shape index (κ1) is 8.72. The van der Waals surface area contributed by atoms with E-state index in [0.717, 1.165) is 0 Å². The van der Waals surface area contributed by atoms with Gasteiger partial charge < -0.3 is 4.42 Å². The van der Waals surface area contributed by atoms with Gasteiger partial charge in [0.2, 0.25) is 11.6 Å². The van der Waals surface area contributed by atoms with Crippen LogP contribution in [0.2, 0.25) is 0 Å². The number of H-pyrrole nitrogens is 1. The highest BCUT2D eigenvalue weighted by Gasteiger charge is 2.11. The van der Waals surface area contributed by atoms with Crippen molar-refractivity contribution in [2.75, 3.05) is 0 Å². The molecule has 0 spiro atoms. The third-order valence-electron chi connectivity index (χ3n) is 1.89. The Bertz CT molecular complexity index is 573. The van der Waals surface area contributed by atoms with Crippen molar-refractivity contribution in [2.24, 2.45) is 0 Å². The van der Waals surface area contributed by atoms with Crippen LogP contribution in [0.4, 0.5) is 0 Å². The van der Waals surface area contributed by atoms with Crippen molar-refractivity contribution < 1.29 is 4.42 Å². The van der Waals surface area contributed by atoms with E-state index in [2.05, 4.69) is 30.1 Å². The number of nitrogens with zero attached hydrogens (tertiary/aromatic N) is 5. The van der Waals surface area contributed by atoms with Gasteiger partial charge in [-0.05, 0) is 6.07 Å². The van der Waals surface area contributed by atoms with E-state index in [1.54, 1.807) is 18.5 Å². The predicted molar refractivity (Wildman–Crippen MR) is 52.9 cm³/mol. The van der Waals surface area contributed by atoms with E-state index >= 15 is 0 Å². The summed E-state index contributed by atoms with van der Waals surface area (Å²) in [5.41, 5.74) is 0.